The van der Waals surface area contributed by atoms with Crippen LogP contribution in [-0.4, -0.2) is 17.9 Å². The van der Waals surface area contributed by atoms with Crippen molar-refractivity contribution in [1.29, 1.82) is 0 Å². The number of hydrazine groups is 1. The summed E-state index contributed by atoms with van der Waals surface area (Å²) in [5.74, 6) is -0.225. The number of nitrogens with zero attached hydrogens (tertiary/aromatic N) is 2. The number of rotatable bonds is 3. The van der Waals surface area contributed by atoms with Crippen molar-refractivity contribution in [2.75, 3.05) is 12.1 Å². The predicted octanol–water partition coefficient (Wildman–Crippen LogP) is 1.86. The van der Waals surface area contributed by atoms with Crippen molar-refractivity contribution < 1.29 is 4.79 Å². The fourth-order valence-corrected chi connectivity index (χ4v) is 1.42. The second-order valence-electron chi connectivity index (χ2n) is 3.55. The van der Waals surface area contributed by atoms with Gasteiger partial charge in [-0.3, -0.25) is 20.2 Å². The molecule has 0 spiro atoms. The van der Waals surface area contributed by atoms with E-state index in [0.717, 1.165) is 5.69 Å². The lowest BCUT2D eigenvalue weighted by molar-refractivity contribution is 0.0946. The molecule has 1 aromatic heterocycles. The van der Waals surface area contributed by atoms with Crippen LogP contribution in [0.15, 0.2) is 54.7 Å². The minimum atomic E-state index is -0.225. The SMILES string of the molecule is CN(NC(=O)c1ccccn1)c1ccccc1. The minimum absolute atomic E-state index is 0.225. The number of hydrogen-bond acceptors (Lipinski definition) is 3. The molecule has 86 valence electrons. The van der Waals surface area contributed by atoms with Crippen LogP contribution in [0.5, 0.6) is 0 Å². The second kappa shape index (κ2) is 5.12. The van der Waals surface area contributed by atoms with Crippen molar-refractivity contribution in [2.45, 2.75) is 0 Å². The zero-order valence-electron chi connectivity index (χ0n) is 9.50. The molecule has 1 N–H and O–H groups in total. The molecule has 0 atom stereocenters. The molecule has 0 aliphatic rings. The van der Waals surface area contributed by atoms with Crippen molar-refractivity contribution in [1.82, 2.24) is 10.4 Å². The molecule has 0 radical (unpaired) electrons. The normalized spacial score (nSPS) is 9.71. The number of para-hydroxylation sites is 1. The summed E-state index contributed by atoms with van der Waals surface area (Å²) < 4.78 is 0. The molecule has 17 heavy (non-hydrogen) atoms. The van der Waals surface area contributed by atoms with E-state index in [-0.39, 0.29) is 5.91 Å². The quantitative estimate of drug-likeness (QED) is 0.814. The molecule has 0 aliphatic carbocycles. The lowest BCUT2D eigenvalue weighted by atomic mass is 10.3. The van der Waals surface area contributed by atoms with Gasteiger partial charge in [-0.2, -0.15) is 0 Å². The van der Waals surface area contributed by atoms with Crippen LogP contribution in [0.1, 0.15) is 10.5 Å². The summed E-state index contributed by atoms with van der Waals surface area (Å²) in [6, 6.07) is 14.8. The first-order chi connectivity index (χ1) is 8.27. The Morgan fingerprint density at radius 2 is 1.82 bits per heavy atom. The van der Waals surface area contributed by atoms with Gasteiger partial charge in [0.1, 0.15) is 5.69 Å². The predicted molar refractivity (Wildman–Crippen MR) is 66.5 cm³/mol. The molecule has 0 fully saturated rings. The van der Waals surface area contributed by atoms with Crippen molar-refractivity contribution in [2.24, 2.45) is 0 Å². The van der Waals surface area contributed by atoms with E-state index >= 15 is 0 Å². The lowest BCUT2D eigenvalue weighted by Crippen LogP contribution is -2.39. The van der Waals surface area contributed by atoms with Crippen LogP contribution < -0.4 is 10.4 Å². The molecule has 2 aromatic rings. The number of anilines is 1. The van der Waals surface area contributed by atoms with Gasteiger partial charge in [-0.25, -0.2) is 0 Å². The standard InChI is InChI=1S/C13H13N3O/c1-16(11-7-3-2-4-8-11)15-13(17)12-9-5-6-10-14-12/h2-10H,1H3,(H,15,17). The molecule has 0 aliphatic heterocycles. The molecule has 0 unspecified atom stereocenters. The maximum atomic E-state index is 11.8. The third-order valence-electron chi connectivity index (χ3n) is 2.31. The molecular formula is C13H13N3O. The number of hydrogen-bond donors (Lipinski definition) is 1. The Morgan fingerprint density at radius 3 is 2.47 bits per heavy atom. The first-order valence-corrected chi connectivity index (χ1v) is 5.28. The second-order valence-corrected chi connectivity index (χ2v) is 3.55. The van der Waals surface area contributed by atoms with E-state index < -0.39 is 0 Å². The Morgan fingerprint density at radius 1 is 1.12 bits per heavy atom. The summed E-state index contributed by atoms with van der Waals surface area (Å²) in [6.45, 7) is 0. The van der Waals surface area contributed by atoms with Crippen LogP contribution in [0.2, 0.25) is 0 Å². The maximum Gasteiger partial charge on any atom is 0.288 e. The van der Waals surface area contributed by atoms with Crippen molar-refractivity contribution in [3.05, 3.63) is 60.4 Å². The number of carbonyl (C=O) groups excluding carboxylic acids is 1. The summed E-state index contributed by atoms with van der Waals surface area (Å²) in [6.07, 6.45) is 1.59. The van der Waals surface area contributed by atoms with Gasteiger partial charge in [-0.05, 0) is 24.3 Å². The van der Waals surface area contributed by atoms with Crippen LogP contribution in [0, 0.1) is 0 Å². The highest BCUT2D eigenvalue weighted by molar-refractivity contribution is 5.93. The number of amides is 1. The molecule has 1 amide bonds. The van der Waals surface area contributed by atoms with E-state index in [2.05, 4.69) is 10.4 Å². The molecule has 0 bridgehead atoms. The van der Waals surface area contributed by atoms with Crippen molar-refractivity contribution in [3.63, 3.8) is 0 Å². The highest BCUT2D eigenvalue weighted by Gasteiger charge is 2.08. The largest absolute Gasteiger partial charge is 0.288 e. The third-order valence-corrected chi connectivity index (χ3v) is 2.31. The van der Waals surface area contributed by atoms with Crippen molar-refractivity contribution in [3.8, 4) is 0 Å². The van der Waals surface area contributed by atoms with Gasteiger partial charge >= 0.3 is 0 Å². The minimum Gasteiger partial charge on any atom is -0.288 e. The fourth-order valence-electron chi connectivity index (χ4n) is 1.42. The molecule has 1 heterocycles. The van der Waals surface area contributed by atoms with Crippen LogP contribution in [0.3, 0.4) is 0 Å². The monoisotopic (exact) mass is 227 g/mol. The van der Waals surface area contributed by atoms with Gasteiger partial charge in [0.25, 0.3) is 5.91 Å². The Bertz CT molecular complexity index is 485. The van der Waals surface area contributed by atoms with Crippen LogP contribution in [-0.2, 0) is 0 Å². The van der Waals surface area contributed by atoms with Gasteiger partial charge < -0.3 is 0 Å². The first kappa shape index (κ1) is 11.1. The molecule has 0 saturated heterocycles. The van der Waals surface area contributed by atoms with Crippen LogP contribution >= 0.6 is 0 Å². The number of aromatic nitrogens is 1. The Hall–Kier alpha value is -2.36. The maximum absolute atomic E-state index is 11.8. The molecule has 4 nitrogen and oxygen atoms in total. The Labute approximate surface area is 99.9 Å². The summed E-state index contributed by atoms with van der Waals surface area (Å²) >= 11 is 0. The zero-order valence-corrected chi connectivity index (χ0v) is 9.50. The zero-order chi connectivity index (χ0) is 12.1. The van der Waals surface area contributed by atoms with Gasteiger partial charge in [0.2, 0.25) is 0 Å². The van der Waals surface area contributed by atoms with Crippen LogP contribution in [0.4, 0.5) is 5.69 Å². The van der Waals surface area contributed by atoms with E-state index in [1.165, 1.54) is 0 Å². The third kappa shape index (κ3) is 2.81. The fraction of sp³-hybridized carbons (Fsp3) is 0.0769. The summed E-state index contributed by atoms with van der Waals surface area (Å²) in [5.41, 5.74) is 4.06. The van der Waals surface area contributed by atoms with Gasteiger partial charge in [0.15, 0.2) is 0 Å². The average molecular weight is 227 g/mol. The molecule has 0 saturated carbocycles. The van der Waals surface area contributed by atoms with E-state index in [9.17, 15) is 4.79 Å². The number of nitrogens with one attached hydrogen (secondary N) is 1. The number of carbonyl (C=O) groups is 1. The number of pyridine rings is 1. The molecule has 2 rings (SSSR count). The summed E-state index contributed by atoms with van der Waals surface area (Å²) in [4.78, 5) is 15.8. The van der Waals surface area contributed by atoms with Gasteiger partial charge in [0.05, 0.1) is 5.69 Å². The topological polar surface area (TPSA) is 45.2 Å². The van der Waals surface area contributed by atoms with Gasteiger partial charge in [0, 0.05) is 13.2 Å². The van der Waals surface area contributed by atoms with Gasteiger partial charge in [-0.1, -0.05) is 24.3 Å². The molecule has 4 heteroatoms. The van der Waals surface area contributed by atoms with E-state index in [1.807, 2.05) is 30.3 Å². The van der Waals surface area contributed by atoms with E-state index in [4.69, 9.17) is 0 Å². The van der Waals surface area contributed by atoms with Gasteiger partial charge in [-0.15, -0.1) is 0 Å². The number of benzene rings is 1. The van der Waals surface area contributed by atoms with E-state index in [0.29, 0.717) is 5.69 Å². The average Bonchev–Trinajstić information content (AvgIpc) is 2.40. The smallest absolute Gasteiger partial charge is 0.288 e. The summed E-state index contributed by atoms with van der Waals surface area (Å²) in [7, 11) is 1.79. The first-order valence-electron chi connectivity index (χ1n) is 5.28. The van der Waals surface area contributed by atoms with Crippen LogP contribution in [0.25, 0.3) is 0 Å². The Balaban J connectivity index is 2.05. The Kier molecular flexibility index (Phi) is 3.35. The van der Waals surface area contributed by atoms with E-state index in [1.54, 1.807) is 36.5 Å². The molecular weight excluding hydrogens is 214 g/mol. The molecule has 1 aromatic carbocycles. The highest BCUT2D eigenvalue weighted by atomic mass is 16.2. The summed E-state index contributed by atoms with van der Waals surface area (Å²) in [5, 5.41) is 1.66. The lowest BCUT2D eigenvalue weighted by Gasteiger charge is -2.19. The van der Waals surface area contributed by atoms with Crippen molar-refractivity contribution >= 4 is 11.6 Å². The highest BCUT2D eigenvalue weighted by Crippen LogP contribution is 2.08.